The Morgan fingerprint density at radius 2 is 2.32 bits per heavy atom. The van der Waals surface area contributed by atoms with Crippen LogP contribution in [0.15, 0.2) is 0 Å². The normalized spacial score (nSPS) is 20.7. The minimum Gasteiger partial charge on any atom is -0.396 e. The maximum atomic E-state index is 12.5. The summed E-state index contributed by atoms with van der Waals surface area (Å²) in [6.45, 7) is 5.47. The van der Waals surface area contributed by atoms with Crippen LogP contribution in [0.25, 0.3) is 0 Å². The fourth-order valence-electron chi connectivity index (χ4n) is 2.75. The van der Waals surface area contributed by atoms with E-state index in [0.717, 1.165) is 11.3 Å². The highest BCUT2D eigenvalue weighted by Crippen LogP contribution is 2.31. The first-order chi connectivity index (χ1) is 10.6. The second-order valence-electron chi connectivity index (χ2n) is 5.55. The van der Waals surface area contributed by atoms with E-state index < -0.39 is 0 Å². The zero-order chi connectivity index (χ0) is 16.1. The summed E-state index contributed by atoms with van der Waals surface area (Å²) in [6.07, 6.45) is 1.16. The van der Waals surface area contributed by atoms with Crippen molar-refractivity contribution < 1.29 is 19.4 Å². The molecule has 0 saturated heterocycles. The number of rotatable bonds is 7. The fourth-order valence-corrected chi connectivity index (χ4v) is 2.75. The third kappa shape index (κ3) is 3.66. The third-order valence-corrected chi connectivity index (χ3v) is 3.74. The minimum atomic E-state index is -0.153. The van der Waals surface area contributed by atoms with Crippen molar-refractivity contribution in [3.8, 4) is 0 Å². The molecule has 2 rings (SSSR count). The Labute approximate surface area is 130 Å². The molecule has 2 heterocycles. The van der Waals surface area contributed by atoms with E-state index in [2.05, 4.69) is 10.4 Å². The molecule has 0 unspecified atom stereocenters. The molecule has 0 aromatic carbocycles. The van der Waals surface area contributed by atoms with Crippen molar-refractivity contribution >= 4 is 5.91 Å². The molecule has 0 fully saturated rings. The second-order valence-corrected chi connectivity index (χ2v) is 5.55. The summed E-state index contributed by atoms with van der Waals surface area (Å²) < 4.78 is 12.6. The van der Waals surface area contributed by atoms with E-state index in [1.807, 2.05) is 13.8 Å². The number of hydrogen-bond donors (Lipinski definition) is 2. The van der Waals surface area contributed by atoms with Crippen molar-refractivity contribution in [1.29, 1.82) is 0 Å². The molecule has 22 heavy (non-hydrogen) atoms. The van der Waals surface area contributed by atoms with Gasteiger partial charge >= 0.3 is 0 Å². The maximum Gasteiger partial charge on any atom is 0.269 e. The van der Waals surface area contributed by atoms with Crippen LogP contribution < -0.4 is 5.32 Å². The van der Waals surface area contributed by atoms with Gasteiger partial charge in [-0.25, -0.2) is 0 Å². The van der Waals surface area contributed by atoms with Crippen molar-refractivity contribution in [1.82, 2.24) is 15.1 Å². The molecule has 2 N–H and O–H groups in total. The summed E-state index contributed by atoms with van der Waals surface area (Å²) in [5, 5.41) is 16.2. The van der Waals surface area contributed by atoms with E-state index in [0.29, 0.717) is 38.2 Å². The zero-order valence-corrected chi connectivity index (χ0v) is 13.5. The van der Waals surface area contributed by atoms with E-state index in [4.69, 9.17) is 14.6 Å². The predicted molar refractivity (Wildman–Crippen MR) is 80.8 cm³/mol. The Bertz CT molecular complexity index is 515. The van der Waals surface area contributed by atoms with Crippen LogP contribution in [0.2, 0.25) is 0 Å². The molecule has 1 aliphatic rings. The van der Waals surface area contributed by atoms with Crippen molar-refractivity contribution in [3.05, 3.63) is 17.0 Å². The molecule has 0 bridgehead atoms. The first-order valence-electron chi connectivity index (χ1n) is 7.71. The van der Waals surface area contributed by atoms with Crippen LogP contribution >= 0.6 is 0 Å². The van der Waals surface area contributed by atoms with Crippen molar-refractivity contribution in [3.63, 3.8) is 0 Å². The molecule has 0 radical (unpaired) electrons. The highest BCUT2D eigenvalue weighted by atomic mass is 16.5. The van der Waals surface area contributed by atoms with Gasteiger partial charge < -0.3 is 19.9 Å². The van der Waals surface area contributed by atoms with E-state index in [1.54, 1.807) is 11.8 Å². The van der Waals surface area contributed by atoms with Crippen LogP contribution in [0, 0.1) is 0 Å². The average molecular weight is 311 g/mol. The van der Waals surface area contributed by atoms with Gasteiger partial charge in [0.2, 0.25) is 0 Å². The summed E-state index contributed by atoms with van der Waals surface area (Å²) in [4.78, 5) is 12.5. The summed E-state index contributed by atoms with van der Waals surface area (Å²) in [5.74, 6) is -0.153. The highest BCUT2D eigenvalue weighted by molar-refractivity contribution is 5.94. The van der Waals surface area contributed by atoms with Gasteiger partial charge in [0, 0.05) is 32.2 Å². The van der Waals surface area contributed by atoms with E-state index in [-0.39, 0.29) is 24.7 Å². The third-order valence-electron chi connectivity index (χ3n) is 3.74. The molecule has 1 amide bonds. The molecular weight excluding hydrogens is 286 g/mol. The van der Waals surface area contributed by atoms with Gasteiger partial charge in [0.1, 0.15) is 5.69 Å². The molecule has 0 aliphatic carbocycles. The highest BCUT2D eigenvalue weighted by Gasteiger charge is 2.31. The summed E-state index contributed by atoms with van der Waals surface area (Å²) in [5.41, 5.74) is 2.39. The Hall–Kier alpha value is -1.44. The largest absolute Gasteiger partial charge is 0.396 e. The Morgan fingerprint density at radius 1 is 1.55 bits per heavy atom. The molecule has 1 aliphatic heterocycles. The van der Waals surface area contributed by atoms with Crippen LogP contribution in [-0.4, -0.2) is 53.8 Å². The smallest absolute Gasteiger partial charge is 0.269 e. The molecule has 2 atom stereocenters. The number of nitrogens with one attached hydrogen (secondary N) is 1. The quantitative estimate of drug-likeness (QED) is 0.723. The van der Waals surface area contributed by atoms with Crippen LogP contribution in [0.4, 0.5) is 0 Å². The van der Waals surface area contributed by atoms with Crippen molar-refractivity contribution in [2.45, 2.75) is 45.4 Å². The number of aromatic nitrogens is 2. The van der Waals surface area contributed by atoms with Gasteiger partial charge in [0.25, 0.3) is 5.91 Å². The molecular formula is C15H25N3O4. The van der Waals surface area contributed by atoms with Gasteiger partial charge in [-0.2, -0.15) is 5.10 Å². The molecule has 0 spiro atoms. The molecule has 1 aromatic rings. The number of carbonyl (C=O) groups excluding carboxylic acids is 1. The van der Waals surface area contributed by atoms with Crippen LogP contribution in [0.5, 0.6) is 0 Å². The molecule has 7 heteroatoms. The van der Waals surface area contributed by atoms with Gasteiger partial charge in [-0.15, -0.1) is 0 Å². The lowest BCUT2D eigenvalue weighted by Gasteiger charge is -2.24. The van der Waals surface area contributed by atoms with Crippen LogP contribution in [-0.2, 0) is 22.4 Å². The Morgan fingerprint density at radius 3 is 3.00 bits per heavy atom. The number of hydrogen-bond acceptors (Lipinski definition) is 5. The van der Waals surface area contributed by atoms with Crippen molar-refractivity contribution in [2.75, 3.05) is 26.9 Å². The first kappa shape index (κ1) is 16.9. The number of nitrogens with zero attached hydrogens (tertiary/aromatic N) is 2. The number of carbonyl (C=O) groups is 1. The lowest BCUT2D eigenvalue weighted by Crippen LogP contribution is -2.30. The van der Waals surface area contributed by atoms with E-state index in [1.165, 1.54) is 0 Å². The summed E-state index contributed by atoms with van der Waals surface area (Å²) in [6, 6.07) is 0. The van der Waals surface area contributed by atoms with E-state index >= 15 is 0 Å². The lowest BCUT2D eigenvalue weighted by atomic mass is 9.99. The van der Waals surface area contributed by atoms with Gasteiger partial charge in [0.15, 0.2) is 0 Å². The molecule has 7 nitrogen and oxygen atoms in total. The summed E-state index contributed by atoms with van der Waals surface area (Å²) >= 11 is 0. The Balaban J connectivity index is 2.29. The number of ether oxygens (including phenoxy) is 2. The lowest BCUT2D eigenvalue weighted by molar-refractivity contribution is -0.00716. The molecule has 0 saturated carbocycles. The van der Waals surface area contributed by atoms with E-state index in [9.17, 15) is 4.79 Å². The Kier molecular flexibility index (Phi) is 5.93. The maximum absolute atomic E-state index is 12.5. The number of aliphatic hydroxyl groups excluding tert-OH is 1. The second kappa shape index (κ2) is 7.71. The van der Waals surface area contributed by atoms with Gasteiger partial charge in [0.05, 0.1) is 31.1 Å². The number of fused-ring (bicyclic) bond motifs is 1. The van der Waals surface area contributed by atoms with Crippen molar-refractivity contribution in [2.24, 2.45) is 0 Å². The zero-order valence-electron chi connectivity index (χ0n) is 13.5. The standard InChI is InChI=1S/C15H25N3O4/c1-10-9-12-13(11(2)22-10)17-18(6-8-21-3)14(12)15(20)16-5-4-7-19/h10-11,19H,4-9H2,1-3H3,(H,16,20)/t10-,11+/m0/s1. The van der Waals surface area contributed by atoms with Gasteiger partial charge in [-0.3, -0.25) is 9.48 Å². The van der Waals surface area contributed by atoms with Crippen LogP contribution in [0.3, 0.4) is 0 Å². The van der Waals surface area contributed by atoms with Gasteiger partial charge in [-0.1, -0.05) is 0 Å². The fraction of sp³-hybridized carbons (Fsp3) is 0.733. The average Bonchev–Trinajstić information content (AvgIpc) is 2.84. The number of amides is 1. The number of aliphatic hydroxyl groups is 1. The topological polar surface area (TPSA) is 85.6 Å². The van der Waals surface area contributed by atoms with Crippen LogP contribution in [0.1, 0.15) is 48.1 Å². The first-order valence-corrected chi connectivity index (χ1v) is 7.71. The SMILES string of the molecule is COCCn1nc2c(c1C(=O)NCCCO)C[C@H](C)O[C@@H]2C. The number of methoxy groups -OCH3 is 1. The molecule has 1 aromatic heterocycles. The predicted octanol–water partition coefficient (Wildman–Crippen LogP) is 0.664. The summed E-state index contributed by atoms with van der Waals surface area (Å²) in [7, 11) is 1.62. The minimum absolute atomic E-state index is 0.0588. The monoisotopic (exact) mass is 311 g/mol. The van der Waals surface area contributed by atoms with Gasteiger partial charge in [-0.05, 0) is 20.3 Å². The molecule has 124 valence electrons.